The van der Waals surface area contributed by atoms with Crippen molar-refractivity contribution >= 4 is 24.4 Å². The number of allylic oxidation sites excluding steroid dienone is 1. The minimum Gasteiger partial charge on any atom is -0.377 e. The molecule has 76 valence electrons. The molecule has 0 spiro atoms. The van der Waals surface area contributed by atoms with Gasteiger partial charge in [0, 0.05) is 19.8 Å². The van der Waals surface area contributed by atoms with Crippen LogP contribution in [0.1, 0.15) is 12.0 Å². The van der Waals surface area contributed by atoms with E-state index in [4.69, 9.17) is 0 Å². The van der Waals surface area contributed by atoms with Gasteiger partial charge in [0.15, 0.2) is 0 Å². The van der Waals surface area contributed by atoms with Crippen LogP contribution in [-0.4, -0.2) is 19.8 Å². The topological polar surface area (TPSA) is 3.24 Å². The molecule has 0 aliphatic heterocycles. The normalized spacial score (nSPS) is 10.8. The van der Waals surface area contributed by atoms with Gasteiger partial charge in [-0.05, 0) is 23.8 Å². The lowest BCUT2D eigenvalue weighted by atomic mass is 10.1. The van der Waals surface area contributed by atoms with Crippen molar-refractivity contribution in [3.8, 4) is 0 Å². The molecule has 14 heavy (non-hydrogen) atoms. The average Bonchev–Trinajstić information content (AvgIpc) is 2.19. The maximum Gasteiger partial charge on any atom is 0.0434 e. The summed E-state index contributed by atoms with van der Waals surface area (Å²) in [5.41, 5.74) is 2.52. The summed E-state index contributed by atoms with van der Waals surface area (Å²) in [6.07, 6.45) is 5.34. The number of hydrogen-bond acceptors (Lipinski definition) is 2. The molecule has 0 amide bonds. The van der Waals surface area contributed by atoms with Crippen LogP contribution in [0.4, 0.5) is 5.69 Å². The highest BCUT2D eigenvalue weighted by molar-refractivity contribution is 7.80. The molecule has 0 saturated carbocycles. The third-order valence-corrected chi connectivity index (χ3v) is 2.27. The van der Waals surface area contributed by atoms with Gasteiger partial charge in [-0.15, -0.1) is 0 Å². The van der Waals surface area contributed by atoms with Crippen molar-refractivity contribution in [3.63, 3.8) is 0 Å². The molecule has 0 radical (unpaired) electrons. The van der Waals surface area contributed by atoms with E-state index in [2.05, 4.69) is 68.0 Å². The molecule has 0 unspecified atom stereocenters. The molecular weight excluding hydrogens is 190 g/mol. The molecule has 0 atom stereocenters. The molecule has 1 aromatic carbocycles. The number of para-hydroxylation sites is 1. The van der Waals surface area contributed by atoms with Crippen LogP contribution in [0, 0.1) is 0 Å². The summed E-state index contributed by atoms with van der Waals surface area (Å²) in [5, 5.41) is 0. The third kappa shape index (κ3) is 3.11. The molecule has 0 fully saturated rings. The predicted molar refractivity (Wildman–Crippen MR) is 68.3 cm³/mol. The Balaban J connectivity index is 2.84. The van der Waals surface area contributed by atoms with Gasteiger partial charge < -0.3 is 4.90 Å². The van der Waals surface area contributed by atoms with Crippen molar-refractivity contribution < 1.29 is 0 Å². The number of benzene rings is 1. The van der Waals surface area contributed by atoms with Crippen molar-refractivity contribution in [3.05, 3.63) is 35.9 Å². The first-order valence-electron chi connectivity index (χ1n) is 4.79. The highest BCUT2D eigenvalue weighted by Crippen LogP contribution is 2.19. The van der Waals surface area contributed by atoms with Crippen LogP contribution >= 0.6 is 12.6 Å². The fourth-order valence-corrected chi connectivity index (χ4v) is 1.47. The van der Waals surface area contributed by atoms with E-state index in [0.717, 1.165) is 12.2 Å². The van der Waals surface area contributed by atoms with Crippen molar-refractivity contribution in [2.75, 3.05) is 24.7 Å². The summed E-state index contributed by atoms with van der Waals surface area (Å²) < 4.78 is 0. The summed E-state index contributed by atoms with van der Waals surface area (Å²) in [7, 11) is 4.12. The van der Waals surface area contributed by atoms with Gasteiger partial charge in [-0.2, -0.15) is 12.6 Å². The van der Waals surface area contributed by atoms with Gasteiger partial charge in [-0.1, -0.05) is 30.4 Å². The summed E-state index contributed by atoms with van der Waals surface area (Å²) in [6, 6.07) is 8.38. The summed E-state index contributed by atoms with van der Waals surface area (Å²) in [5.74, 6) is 0.903. The van der Waals surface area contributed by atoms with E-state index in [9.17, 15) is 0 Å². The fraction of sp³-hybridized carbons (Fsp3) is 0.333. The predicted octanol–water partition coefficient (Wildman–Crippen LogP) is 3.09. The average molecular weight is 207 g/mol. The van der Waals surface area contributed by atoms with Gasteiger partial charge in [0.05, 0.1) is 0 Å². The second-order valence-electron chi connectivity index (χ2n) is 3.37. The van der Waals surface area contributed by atoms with Gasteiger partial charge >= 0.3 is 0 Å². The maximum atomic E-state index is 4.17. The van der Waals surface area contributed by atoms with Gasteiger partial charge in [0.1, 0.15) is 0 Å². The first kappa shape index (κ1) is 11.2. The number of hydrogen-bond donors (Lipinski definition) is 1. The summed E-state index contributed by atoms with van der Waals surface area (Å²) in [4.78, 5) is 2.13. The highest BCUT2D eigenvalue weighted by atomic mass is 32.1. The van der Waals surface area contributed by atoms with E-state index in [0.29, 0.717) is 0 Å². The second-order valence-corrected chi connectivity index (χ2v) is 3.82. The van der Waals surface area contributed by atoms with Crippen molar-refractivity contribution in [1.82, 2.24) is 0 Å². The molecular formula is C12H17NS. The Kier molecular flexibility index (Phi) is 4.60. The van der Waals surface area contributed by atoms with E-state index in [1.54, 1.807) is 0 Å². The zero-order chi connectivity index (χ0) is 10.4. The quantitative estimate of drug-likeness (QED) is 0.743. The van der Waals surface area contributed by atoms with Crippen molar-refractivity contribution in [2.24, 2.45) is 0 Å². The Morgan fingerprint density at radius 1 is 1.29 bits per heavy atom. The lowest BCUT2D eigenvalue weighted by molar-refractivity contribution is 1.13. The first-order chi connectivity index (χ1) is 6.75. The fourth-order valence-electron chi connectivity index (χ4n) is 1.32. The van der Waals surface area contributed by atoms with Crippen molar-refractivity contribution in [1.29, 1.82) is 0 Å². The highest BCUT2D eigenvalue weighted by Gasteiger charge is 1.98. The number of nitrogens with zero attached hydrogens (tertiary/aromatic N) is 1. The molecule has 0 saturated heterocycles. The lowest BCUT2D eigenvalue weighted by Gasteiger charge is -2.15. The molecule has 2 heteroatoms. The Morgan fingerprint density at radius 2 is 2.00 bits per heavy atom. The van der Waals surface area contributed by atoms with E-state index in [1.807, 2.05) is 0 Å². The first-order valence-corrected chi connectivity index (χ1v) is 5.42. The summed E-state index contributed by atoms with van der Waals surface area (Å²) in [6.45, 7) is 0. The van der Waals surface area contributed by atoms with E-state index >= 15 is 0 Å². The summed E-state index contributed by atoms with van der Waals surface area (Å²) >= 11 is 4.17. The molecule has 0 aromatic heterocycles. The standard InChI is InChI=1S/C12H17NS/c1-13(2)12-9-4-3-7-11(12)8-5-6-10-14/h3-5,7-9,14H,6,10H2,1-2H3. The Labute approximate surface area is 91.8 Å². The smallest absolute Gasteiger partial charge is 0.0434 e. The second kappa shape index (κ2) is 5.76. The zero-order valence-electron chi connectivity index (χ0n) is 8.77. The van der Waals surface area contributed by atoms with Gasteiger partial charge in [-0.3, -0.25) is 0 Å². The SMILES string of the molecule is CN(C)c1ccccc1C=CCCS. The van der Waals surface area contributed by atoms with Crippen LogP contribution in [0.5, 0.6) is 0 Å². The Bertz CT molecular complexity index is 305. The Hall–Kier alpha value is -0.890. The molecule has 0 N–H and O–H groups in total. The maximum absolute atomic E-state index is 4.17. The van der Waals surface area contributed by atoms with Gasteiger partial charge in [-0.25, -0.2) is 0 Å². The van der Waals surface area contributed by atoms with Crippen molar-refractivity contribution in [2.45, 2.75) is 6.42 Å². The van der Waals surface area contributed by atoms with Crippen LogP contribution < -0.4 is 4.90 Å². The van der Waals surface area contributed by atoms with Crippen LogP contribution in [0.25, 0.3) is 6.08 Å². The van der Waals surface area contributed by atoms with Gasteiger partial charge in [0.2, 0.25) is 0 Å². The van der Waals surface area contributed by atoms with Crippen LogP contribution in [-0.2, 0) is 0 Å². The largest absolute Gasteiger partial charge is 0.377 e. The molecule has 0 aliphatic rings. The van der Waals surface area contributed by atoms with Gasteiger partial charge in [0.25, 0.3) is 0 Å². The molecule has 1 nitrogen and oxygen atoms in total. The number of rotatable bonds is 4. The minimum absolute atomic E-state index is 0.903. The zero-order valence-corrected chi connectivity index (χ0v) is 9.67. The van der Waals surface area contributed by atoms with Crippen LogP contribution in [0.15, 0.2) is 30.3 Å². The Morgan fingerprint density at radius 3 is 2.64 bits per heavy atom. The molecule has 0 aliphatic carbocycles. The number of thiol groups is 1. The van der Waals surface area contributed by atoms with E-state index in [-0.39, 0.29) is 0 Å². The van der Waals surface area contributed by atoms with Crippen LogP contribution in [0.3, 0.4) is 0 Å². The molecule has 0 heterocycles. The molecule has 1 rings (SSSR count). The minimum atomic E-state index is 0.903. The lowest BCUT2D eigenvalue weighted by Crippen LogP contribution is -2.09. The number of anilines is 1. The third-order valence-electron chi connectivity index (χ3n) is 2.01. The molecule has 1 aromatic rings. The molecule has 0 bridgehead atoms. The van der Waals surface area contributed by atoms with Crippen LogP contribution in [0.2, 0.25) is 0 Å². The van der Waals surface area contributed by atoms with E-state index < -0.39 is 0 Å². The monoisotopic (exact) mass is 207 g/mol. The van der Waals surface area contributed by atoms with E-state index in [1.165, 1.54) is 11.3 Å².